The van der Waals surface area contributed by atoms with E-state index in [0.717, 1.165) is 17.6 Å². The monoisotopic (exact) mass is 429 g/mol. The van der Waals surface area contributed by atoms with Gasteiger partial charge in [-0.25, -0.2) is 9.78 Å². The van der Waals surface area contributed by atoms with Gasteiger partial charge in [-0.2, -0.15) is 13.2 Å². The van der Waals surface area contributed by atoms with Crippen LogP contribution in [0.5, 0.6) is 11.6 Å². The zero-order chi connectivity index (χ0) is 20.3. The largest absolute Gasteiger partial charge is 0.457 e. The minimum atomic E-state index is -4.54. The summed E-state index contributed by atoms with van der Waals surface area (Å²) in [4.78, 5) is 15.9. The number of hydrogen-bond acceptors (Lipinski definition) is 7. The Bertz CT molecular complexity index is 993. The van der Waals surface area contributed by atoms with E-state index < -0.39 is 17.7 Å². The first-order chi connectivity index (χ1) is 13.2. The van der Waals surface area contributed by atoms with Crippen LogP contribution in [0.3, 0.4) is 0 Å². The van der Waals surface area contributed by atoms with Gasteiger partial charge in [-0.05, 0) is 42.2 Å². The maximum atomic E-state index is 12.6. The van der Waals surface area contributed by atoms with Crippen molar-refractivity contribution in [1.29, 1.82) is 0 Å². The summed E-state index contributed by atoms with van der Waals surface area (Å²) in [5, 5.41) is 3.48. The van der Waals surface area contributed by atoms with Gasteiger partial charge in [-0.1, -0.05) is 28.2 Å². The number of aryl methyl sites for hydroxylation is 1. The molecule has 0 spiro atoms. The van der Waals surface area contributed by atoms with Crippen LogP contribution in [-0.2, 0) is 17.5 Å². The maximum absolute atomic E-state index is 12.6. The first-order valence-corrected chi connectivity index (χ1v) is 8.85. The Kier molecular flexibility index (Phi) is 5.80. The molecule has 0 saturated carbocycles. The Hall–Kier alpha value is -2.72. The van der Waals surface area contributed by atoms with Gasteiger partial charge in [-0.15, -0.1) is 5.10 Å². The number of esters is 1. The number of alkyl halides is 3. The lowest BCUT2D eigenvalue weighted by Gasteiger charge is -2.10. The fraction of sp³-hybridized carbons (Fsp3) is 0.176. The zero-order valence-electron chi connectivity index (χ0n) is 14.2. The highest BCUT2D eigenvalue weighted by Crippen LogP contribution is 2.34. The van der Waals surface area contributed by atoms with E-state index in [1.165, 1.54) is 0 Å². The minimum absolute atomic E-state index is 0.0236. The van der Waals surface area contributed by atoms with Gasteiger partial charge in [0.25, 0.3) is 0 Å². The molecule has 6 nitrogen and oxygen atoms in total. The highest BCUT2D eigenvalue weighted by atomic mass is 35.5. The van der Waals surface area contributed by atoms with Crippen molar-refractivity contribution in [3.63, 3.8) is 0 Å². The number of halogens is 4. The molecule has 0 aliphatic rings. The summed E-state index contributed by atoms with van der Waals surface area (Å²) in [5.74, 6) is -0.359. The number of pyridine rings is 1. The van der Waals surface area contributed by atoms with Gasteiger partial charge in [0.05, 0.1) is 11.3 Å². The molecule has 3 aromatic rings. The predicted molar refractivity (Wildman–Crippen MR) is 94.5 cm³/mol. The van der Waals surface area contributed by atoms with Crippen LogP contribution in [0.25, 0.3) is 0 Å². The fourth-order valence-electron chi connectivity index (χ4n) is 2.05. The molecule has 0 unspecified atom stereocenters. The first-order valence-electron chi connectivity index (χ1n) is 7.69. The molecule has 2 aromatic heterocycles. The van der Waals surface area contributed by atoms with Crippen LogP contribution in [0.4, 0.5) is 13.2 Å². The average Bonchev–Trinajstić information content (AvgIpc) is 3.07. The lowest BCUT2D eigenvalue weighted by Crippen LogP contribution is -2.06. The smallest absolute Gasteiger partial charge is 0.417 e. The summed E-state index contributed by atoms with van der Waals surface area (Å²) in [5.41, 5.74) is 0.218. The molecule has 0 radical (unpaired) electrons. The van der Waals surface area contributed by atoms with Crippen LogP contribution >= 0.6 is 23.1 Å². The Labute approximate surface area is 166 Å². The Morgan fingerprint density at radius 1 is 1.25 bits per heavy atom. The van der Waals surface area contributed by atoms with Gasteiger partial charge >= 0.3 is 12.1 Å². The first kappa shape index (κ1) is 20.0. The maximum Gasteiger partial charge on any atom is 0.417 e. The number of rotatable bonds is 5. The van der Waals surface area contributed by atoms with E-state index in [1.54, 1.807) is 31.2 Å². The highest BCUT2D eigenvalue weighted by molar-refractivity contribution is 7.07. The quantitative estimate of drug-likeness (QED) is 0.527. The normalized spacial score (nSPS) is 11.3. The van der Waals surface area contributed by atoms with Crippen LogP contribution in [-0.4, -0.2) is 20.5 Å². The molecular weight excluding hydrogens is 419 g/mol. The Balaban J connectivity index is 1.62. The molecule has 0 fully saturated rings. The van der Waals surface area contributed by atoms with Gasteiger partial charge in [0.1, 0.15) is 17.4 Å². The highest BCUT2D eigenvalue weighted by Gasteiger charge is 2.31. The molecule has 2 heterocycles. The van der Waals surface area contributed by atoms with Crippen LogP contribution < -0.4 is 4.74 Å². The topological polar surface area (TPSA) is 74.2 Å². The molecular formula is C17H11ClF3N3O3S. The Morgan fingerprint density at radius 2 is 1.96 bits per heavy atom. The fourth-order valence-corrected chi connectivity index (χ4v) is 2.81. The van der Waals surface area contributed by atoms with Crippen molar-refractivity contribution in [2.75, 3.05) is 0 Å². The van der Waals surface area contributed by atoms with Gasteiger partial charge in [0, 0.05) is 6.20 Å². The van der Waals surface area contributed by atoms with Gasteiger partial charge < -0.3 is 9.47 Å². The second-order valence-electron chi connectivity index (χ2n) is 5.52. The number of benzene rings is 1. The van der Waals surface area contributed by atoms with Gasteiger partial charge in [0.2, 0.25) is 5.88 Å². The summed E-state index contributed by atoms with van der Waals surface area (Å²) in [6.45, 7) is 1.68. The van der Waals surface area contributed by atoms with E-state index in [2.05, 4.69) is 14.6 Å². The Morgan fingerprint density at radius 3 is 2.54 bits per heavy atom. The number of ether oxygens (including phenoxy) is 2. The SMILES string of the molecule is Cc1nnsc1C(=O)OCc1ccc(Oc2ncc(C(F)(F)F)cc2Cl)cc1. The predicted octanol–water partition coefficient (Wildman–Crippen LogP) is 5.06. The number of hydrogen-bond donors (Lipinski definition) is 0. The van der Waals surface area contributed by atoms with Crippen LogP contribution in [0.15, 0.2) is 36.5 Å². The lowest BCUT2D eigenvalue weighted by atomic mass is 10.2. The summed E-state index contributed by atoms with van der Waals surface area (Å²) in [6, 6.07) is 7.13. The summed E-state index contributed by atoms with van der Waals surface area (Å²) < 4.78 is 52.1. The molecule has 0 N–H and O–H groups in total. The molecule has 0 saturated heterocycles. The summed E-state index contributed by atoms with van der Waals surface area (Å²) in [6.07, 6.45) is -3.90. The second-order valence-corrected chi connectivity index (χ2v) is 6.68. The van der Waals surface area contributed by atoms with Crippen molar-refractivity contribution in [1.82, 2.24) is 14.6 Å². The third-order valence-electron chi connectivity index (χ3n) is 3.48. The van der Waals surface area contributed by atoms with E-state index in [0.29, 0.717) is 28.1 Å². The summed E-state index contributed by atoms with van der Waals surface area (Å²) in [7, 11) is 0. The standard InChI is InChI=1S/C17H11ClF3N3O3S/c1-9-14(28-24-23-9)16(25)26-8-10-2-4-12(5-3-10)27-15-13(18)6-11(7-22-15)17(19,20)21/h2-7H,8H2,1H3. The molecule has 0 amide bonds. The van der Waals surface area contributed by atoms with Crippen molar-refractivity contribution in [2.24, 2.45) is 0 Å². The van der Waals surface area contributed by atoms with Crippen molar-refractivity contribution < 1.29 is 27.4 Å². The van der Waals surface area contributed by atoms with E-state index in [-0.39, 0.29) is 17.5 Å². The van der Waals surface area contributed by atoms with Crippen molar-refractivity contribution >= 4 is 29.1 Å². The van der Waals surface area contributed by atoms with Gasteiger partial charge in [0.15, 0.2) is 4.88 Å². The number of nitrogens with zero attached hydrogens (tertiary/aromatic N) is 3. The van der Waals surface area contributed by atoms with E-state index in [1.807, 2.05) is 0 Å². The van der Waals surface area contributed by atoms with Crippen molar-refractivity contribution in [3.05, 3.63) is 63.2 Å². The van der Waals surface area contributed by atoms with E-state index in [4.69, 9.17) is 21.1 Å². The number of carbonyl (C=O) groups excluding carboxylic acids is 1. The lowest BCUT2D eigenvalue weighted by molar-refractivity contribution is -0.137. The third kappa shape index (κ3) is 4.76. The summed E-state index contributed by atoms with van der Waals surface area (Å²) >= 11 is 6.76. The number of aromatic nitrogens is 3. The molecule has 0 atom stereocenters. The molecule has 3 rings (SSSR count). The third-order valence-corrected chi connectivity index (χ3v) is 4.56. The van der Waals surface area contributed by atoms with Crippen LogP contribution in [0.1, 0.15) is 26.5 Å². The average molecular weight is 430 g/mol. The van der Waals surface area contributed by atoms with Crippen LogP contribution in [0, 0.1) is 6.92 Å². The minimum Gasteiger partial charge on any atom is -0.457 e. The molecule has 0 bridgehead atoms. The van der Waals surface area contributed by atoms with E-state index >= 15 is 0 Å². The zero-order valence-corrected chi connectivity index (χ0v) is 15.7. The van der Waals surface area contributed by atoms with Gasteiger partial charge in [-0.3, -0.25) is 0 Å². The van der Waals surface area contributed by atoms with Crippen molar-refractivity contribution in [2.45, 2.75) is 19.7 Å². The molecule has 146 valence electrons. The molecule has 1 aromatic carbocycles. The second kappa shape index (κ2) is 8.11. The molecule has 11 heteroatoms. The molecule has 0 aliphatic heterocycles. The molecule has 0 aliphatic carbocycles. The number of carbonyl (C=O) groups is 1. The van der Waals surface area contributed by atoms with Crippen molar-refractivity contribution in [3.8, 4) is 11.6 Å². The van der Waals surface area contributed by atoms with Crippen LogP contribution in [0.2, 0.25) is 5.02 Å². The van der Waals surface area contributed by atoms with E-state index in [9.17, 15) is 18.0 Å². The molecule has 28 heavy (non-hydrogen) atoms.